The van der Waals surface area contributed by atoms with Gasteiger partial charge >= 0.3 is 0 Å². The summed E-state index contributed by atoms with van der Waals surface area (Å²) in [4.78, 5) is 5.59. The minimum absolute atomic E-state index is 0.00727. The summed E-state index contributed by atoms with van der Waals surface area (Å²) < 4.78 is 60.1. The molecule has 1 aromatic carbocycles. The Morgan fingerprint density at radius 2 is 2.09 bits per heavy atom. The summed E-state index contributed by atoms with van der Waals surface area (Å²) in [7, 11) is 0. The van der Waals surface area contributed by atoms with Gasteiger partial charge in [-0.2, -0.15) is 5.10 Å². The summed E-state index contributed by atoms with van der Waals surface area (Å²) in [6.07, 6.45) is 5.51. The van der Waals surface area contributed by atoms with Crippen LogP contribution in [-0.2, 0) is 0 Å². The molecule has 1 aliphatic rings. The van der Waals surface area contributed by atoms with Crippen molar-refractivity contribution in [1.29, 1.82) is 0 Å². The van der Waals surface area contributed by atoms with Crippen LogP contribution >= 0.6 is 23.2 Å². The molecule has 3 heterocycles. The zero-order valence-corrected chi connectivity index (χ0v) is 18.9. The first kappa shape index (κ1) is 17.2. The molecule has 1 atom stereocenters. The van der Waals surface area contributed by atoms with Crippen molar-refractivity contribution in [3.05, 3.63) is 58.2 Å². The zero-order valence-electron chi connectivity index (χ0n) is 22.4. The molecule has 170 valence electrons. The largest absolute Gasteiger partial charge is 0.482 e. The first-order chi connectivity index (χ1) is 17.3. The number of piperidine rings is 1. The topological polar surface area (TPSA) is 69.2 Å². The molecule has 4 rings (SSSR count). The number of hydrogen-bond donors (Lipinski definition) is 1. The number of nitrogens with zero attached hydrogens (tertiary/aromatic N) is 4. The SMILES string of the molecule is [2H]C([2H])([2H])C([2H])([2H])N1CCC(n2cc(-c3cnc(N)c(O[C@@H](C)c4c(Cl)ccc(F)c4Cl)c3)cn2)CC1. The van der Waals surface area contributed by atoms with E-state index in [1.807, 2.05) is 6.20 Å². The van der Waals surface area contributed by atoms with Gasteiger partial charge in [0.15, 0.2) is 11.6 Å². The van der Waals surface area contributed by atoms with Gasteiger partial charge in [0.05, 0.1) is 17.3 Å². The number of anilines is 1. The molecule has 9 heteroatoms. The Morgan fingerprint density at radius 1 is 1.31 bits per heavy atom. The molecule has 32 heavy (non-hydrogen) atoms. The number of nitrogen functional groups attached to an aromatic ring is 1. The van der Waals surface area contributed by atoms with Crippen LogP contribution in [0.25, 0.3) is 11.1 Å². The molecule has 0 radical (unpaired) electrons. The van der Waals surface area contributed by atoms with Gasteiger partial charge in [0.2, 0.25) is 0 Å². The second-order valence-electron chi connectivity index (χ2n) is 7.66. The number of aromatic nitrogens is 3. The third-order valence-corrected chi connectivity index (χ3v) is 6.32. The summed E-state index contributed by atoms with van der Waals surface area (Å²) in [5.41, 5.74) is 7.78. The van der Waals surface area contributed by atoms with Crippen molar-refractivity contribution >= 4 is 29.0 Å². The average molecular weight is 483 g/mol. The lowest BCUT2D eigenvalue weighted by Gasteiger charge is -2.31. The zero-order chi connectivity index (χ0) is 27.1. The predicted molar refractivity (Wildman–Crippen MR) is 126 cm³/mol. The van der Waals surface area contributed by atoms with Crippen LogP contribution in [0, 0.1) is 5.82 Å². The van der Waals surface area contributed by atoms with Gasteiger partial charge in [-0.25, -0.2) is 9.37 Å². The number of likely N-dealkylation sites (tertiary alicyclic amines) is 1. The molecule has 2 N–H and O–H groups in total. The molecule has 3 aromatic rings. The van der Waals surface area contributed by atoms with E-state index in [-0.39, 0.29) is 27.7 Å². The van der Waals surface area contributed by atoms with E-state index in [4.69, 9.17) is 40.5 Å². The highest BCUT2D eigenvalue weighted by molar-refractivity contribution is 6.36. The maximum Gasteiger partial charge on any atom is 0.166 e. The van der Waals surface area contributed by atoms with Gasteiger partial charge in [-0.1, -0.05) is 30.1 Å². The van der Waals surface area contributed by atoms with Crippen LogP contribution in [0.1, 0.15) is 51.2 Å². The average Bonchev–Trinajstić information content (AvgIpc) is 3.33. The molecule has 1 aliphatic heterocycles. The Labute approximate surface area is 204 Å². The lowest BCUT2D eigenvalue weighted by Crippen LogP contribution is -2.34. The van der Waals surface area contributed by atoms with Gasteiger partial charge in [-0.05, 0) is 44.5 Å². The Kier molecular flexibility index (Phi) is 5.18. The maximum atomic E-state index is 14.0. The molecule has 2 aromatic heterocycles. The highest BCUT2D eigenvalue weighted by atomic mass is 35.5. The number of nitrogens with two attached hydrogens (primary N) is 1. The number of ether oxygens (including phenoxy) is 1. The molecule has 0 unspecified atom stereocenters. The van der Waals surface area contributed by atoms with Crippen molar-refractivity contribution in [3.63, 3.8) is 0 Å². The second kappa shape index (κ2) is 9.65. The standard InChI is InChI=1S/C23H26Cl2FN5O/c1-3-30-8-6-17(7-9-30)31-13-16(12-29-31)15-10-20(23(27)28-11-15)32-14(2)21-18(24)4-5-19(26)22(21)25/h4-5,10-14,17H,3,6-9H2,1-2H3,(H2,27,28)/t14-/m0/s1/i1D3,3D2. The summed E-state index contributed by atoms with van der Waals surface area (Å²) in [6, 6.07) is 4.29. The van der Waals surface area contributed by atoms with E-state index < -0.39 is 25.3 Å². The third-order valence-electron chi connectivity index (χ3n) is 5.60. The van der Waals surface area contributed by atoms with E-state index >= 15 is 0 Å². The Morgan fingerprint density at radius 3 is 2.84 bits per heavy atom. The van der Waals surface area contributed by atoms with E-state index in [9.17, 15) is 4.39 Å². The van der Waals surface area contributed by atoms with Crippen molar-refractivity contribution < 1.29 is 16.0 Å². The highest BCUT2D eigenvalue weighted by Gasteiger charge is 2.22. The number of rotatable bonds is 6. The van der Waals surface area contributed by atoms with Crippen LogP contribution in [0.4, 0.5) is 10.2 Å². The molecule has 0 amide bonds. The fraction of sp³-hybridized carbons (Fsp3) is 0.391. The van der Waals surface area contributed by atoms with Crippen molar-refractivity contribution in [2.45, 2.75) is 38.8 Å². The van der Waals surface area contributed by atoms with Gasteiger partial charge in [0.1, 0.15) is 11.9 Å². The van der Waals surface area contributed by atoms with Gasteiger partial charge in [0.25, 0.3) is 0 Å². The molecular formula is C23H26Cl2FN5O. The monoisotopic (exact) mass is 482 g/mol. The molecule has 1 fully saturated rings. The Balaban J connectivity index is 1.49. The fourth-order valence-electron chi connectivity index (χ4n) is 3.80. The van der Waals surface area contributed by atoms with E-state index in [0.29, 0.717) is 37.1 Å². The number of halogens is 3. The highest BCUT2D eigenvalue weighted by Crippen LogP contribution is 2.37. The van der Waals surface area contributed by atoms with Crippen molar-refractivity contribution in [2.75, 3.05) is 25.3 Å². The molecule has 0 aliphatic carbocycles. The lowest BCUT2D eigenvalue weighted by molar-refractivity contribution is 0.187. The summed E-state index contributed by atoms with van der Waals surface area (Å²) in [6.45, 7) is -2.82. The minimum Gasteiger partial charge on any atom is -0.482 e. The normalized spacial score (nSPS) is 19.4. The van der Waals surface area contributed by atoms with Crippen LogP contribution in [-0.4, -0.2) is 39.3 Å². The molecule has 1 saturated heterocycles. The van der Waals surface area contributed by atoms with E-state index in [1.165, 1.54) is 17.0 Å². The molecule has 0 saturated carbocycles. The smallest absolute Gasteiger partial charge is 0.166 e. The number of benzene rings is 1. The summed E-state index contributed by atoms with van der Waals surface area (Å²) in [5, 5.41) is 4.60. The third kappa shape index (κ3) is 4.70. The first-order valence-corrected chi connectivity index (χ1v) is 10.9. The van der Waals surface area contributed by atoms with Gasteiger partial charge in [-0.15, -0.1) is 0 Å². The van der Waals surface area contributed by atoms with Crippen molar-refractivity contribution in [2.24, 2.45) is 0 Å². The van der Waals surface area contributed by atoms with Crippen LogP contribution in [0.5, 0.6) is 5.75 Å². The van der Waals surface area contributed by atoms with E-state index in [2.05, 4.69) is 10.1 Å². The van der Waals surface area contributed by atoms with Crippen molar-refractivity contribution in [3.8, 4) is 16.9 Å². The number of hydrogen-bond acceptors (Lipinski definition) is 5. The Hall–Kier alpha value is -2.35. The molecular weight excluding hydrogens is 452 g/mol. The molecule has 0 spiro atoms. The molecule has 6 nitrogen and oxygen atoms in total. The van der Waals surface area contributed by atoms with Gasteiger partial charge < -0.3 is 15.4 Å². The van der Waals surface area contributed by atoms with Gasteiger partial charge in [0, 0.05) is 54.0 Å². The van der Waals surface area contributed by atoms with Crippen LogP contribution in [0.15, 0.2) is 36.8 Å². The molecule has 0 bridgehead atoms. The summed E-state index contributed by atoms with van der Waals surface area (Å²) >= 11 is 12.3. The predicted octanol–water partition coefficient (Wildman–Crippen LogP) is 5.77. The second-order valence-corrected chi connectivity index (χ2v) is 8.45. The minimum atomic E-state index is -2.72. The summed E-state index contributed by atoms with van der Waals surface area (Å²) in [5.74, 6) is -0.193. The number of pyridine rings is 1. The van der Waals surface area contributed by atoms with Crippen LogP contribution < -0.4 is 10.5 Å². The van der Waals surface area contributed by atoms with Crippen LogP contribution in [0.2, 0.25) is 10.0 Å². The quantitative estimate of drug-likeness (QED) is 0.451. The van der Waals surface area contributed by atoms with Crippen LogP contribution in [0.3, 0.4) is 0 Å². The lowest BCUT2D eigenvalue weighted by atomic mass is 10.1. The van der Waals surface area contributed by atoms with E-state index in [1.54, 1.807) is 30.1 Å². The van der Waals surface area contributed by atoms with Gasteiger partial charge in [-0.3, -0.25) is 4.68 Å². The first-order valence-electron chi connectivity index (χ1n) is 12.6. The Bertz CT molecular complexity index is 1280. The van der Waals surface area contributed by atoms with E-state index in [0.717, 1.165) is 5.56 Å². The fourth-order valence-corrected chi connectivity index (χ4v) is 4.48. The van der Waals surface area contributed by atoms with Crippen molar-refractivity contribution in [1.82, 2.24) is 19.7 Å². The maximum absolute atomic E-state index is 14.0.